The van der Waals surface area contributed by atoms with Gasteiger partial charge in [0.15, 0.2) is 5.13 Å². The normalized spacial score (nSPS) is 10.1. The first-order valence-electron chi connectivity index (χ1n) is 4.59. The van der Waals surface area contributed by atoms with Crippen LogP contribution in [0, 0.1) is 10.1 Å². The van der Waals surface area contributed by atoms with Gasteiger partial charge in [0, 0.05) is 6.20 Å². The predicted molar refractivity (Wildman–Crippen MR) is 61.7 cm³/mol. The average molecular weight is 252 g/mol. The Morgan fingerprint density at radius 3 is 3.00 bits per heavy atom. The zero-order valence-corrected chi connectivity index (χ0v) is 9.38. The van der Waals surface area contributed by atoms with E-state index in [1.54, 1.807) is 12.3 Å². The molecule has 0 spiro atoms. The van der Waals surface area contributed by atoms with Crippen molar-refractivity contribution in [2.24, 2.45) is 0 Å². The molecule has 0 saturated heterocycles. The van der Waals surface area contributed by atoms with Gasteiger partial charge in [0.25, 0.3) is 0 Å². The van der Waals surface area contributed by atoms with Crippen molar-refractivity contribution in [1.82, 2.24) is 9.97 Å². The van der Waals surface area contributed by atoms with E-state index in [0.717, 1.165) is 4.88 Å². The summed E-state index contributed by atoms with van der Waals surface area (Å²) >= 11 is 1.27. The zero-order chi connectivity index (χ0) is 12.3. The Balaban J connectivity index is 2.11. The molecule has 8 heteroatoms. The van der Waals surface area contributed by atoms with Crippen LogP contribution in [0.2, 0.25) is 0 Å². The molecule has 0 aliphatic rings. The Kier molecular flexibility index (Phi) is 3.15. The summed E-state index contributed by atoms with van der Waals surface area (Å²) in [6, 6.07) is 3.07. The van der Waals surface area contributed by atoms with Gasteiger partial charge in [-0.15, -0.1) is 0 Å². The van der Waals surface area contributed by atoms with E-state index in [1.165, 1.54) is 23.6 Å². The minimum absolute atomic E-state index is 0.129. The van der Waals surface area contributed by atoms with E-state index in [2.05, 4.69) is 9.97 Å². The molecular formula is C9H8N4O3S. The van der Waals surface area contributed by atoms with E-state index < -0.39 is 4.92 Å². The molecule has 0 radical (unpaired) electrons. The quantitative estimate of drug-likeness (QED) is 0.654. The Hall–Kier alpha value is -2.22. The van der Waals surface area contributed by atoms with Crippen molar-refractivity contribution in [3.63, 3.8) is 0 Å². The van der Waals surface area contributed by atoms with E-state index in [-0.39, 0.29) is 18.2 Å². The van der Waals surface area contributed by atoms with Gasteiger partial charge in [-0.05, 0) is 22.0 Å². The fraction of sp³-hybridized carbons (Fsp3) is 0.111. The molecule has 17 heavy (non-hydrogen) atoms. The maximum Gasteiger partial charge on any atom is 0.406 e. The number of anilines is 1. The first kappa shape index (κ1) is 11.3. The Bertz CT molecular complexity index is 543. The molecule has 0 aliphatic carbocycles. The molecule has 0 saturated carbocycles. The molecule has 2 heterocycles. The molecule has 0 bridgehead atoms. The second kappa shape index (κ2) is 4.74. The van der Waals surface area contributed by atoms with Gasteiger partial charge in [0.1, 0.15) is 12.8 Å². The maximum absolute atomic E-state index is 10.7. The van der Waals surface area contributed by atoms with Crippen LogP contribution in [-0.2, 0) is 6.61 Å². The van der Waals surface area contributed by atoms with Crippen LogP contribution in [-0.4, -0.2) is 14.9 Å². The van der Waals surface area contributed by atoms with E-state index in [4.69, 9.17) is 10.5 Å². The lowest BCUT2D eigenvalue weighted by Gasteiger charge is -2.03. The highest BCUT2D eigenvalue weighted by molar-refractivity contribution is 7.15. The number of hydrogen-bond donors (Lipinski definition) is 1. The lowest BCUT2D eigenvalue weighted by Crippen LogP contribution is -1.99. The molecule has 88 valence electrons. The summed E-state index contributed by atoms with van der Waals surface area (Å²) in [6.07, 6.45) is 2.91. The number of nitrogens with zero attached hydrogens (tertiary/aromatic N) is 3. The van der Waals surface area contributed by atoms with Gasteiger partial charge < -0.3 is 20.6 Å². The number of rotatable bonds is 4. The number of pyridine rings is 1. The van der Waals surface area contributed by atoms with Crippen LogP contribution in [0.5, 0.6) is 5.75 Å². The molecule has 0 unspecified atom stereocenters. The lowest BCUT2D eigenvalue weighted by molar-refractivity contribution is -0.390. The van der Waals surface area contributed by atoms with Gasteiger partial charge >= 0.3 is 5.82 Å². The molecule has 2 rings (SSSR count). The highest BCUT2D eigenvalue weighted by Crippen LogP contribution is 2.25. The van der Waals surface area contributed by atoms with Crippen LogP contribution in [0.15, 0.2) is 24.5 Å². The number of nitro groups is 1. The van der Waals surface area contributed by atoms with Crippen molar-refractivity contribution >= 4 is 22.3 Å². The first-order valence-corrected chi connectivity index (χ1v) is 5.41. The van der Waals surface area contributed by atoms with Crippen LogP contribution in [0.1, 0.15) is 4.88 Å². The van der Waals surface area contributed by atoms with Crippen molar-refractivity contribution in [2.75, 3.05) is 5.73 Å². The largest absolute Gasteiger partial charge is 0.480 e. The lowest BCUT2D eigenvalue weighted by atomic mass is 10.4. The fourth-order valence-electron chi connectivity index (χ4n) is 1.17. The number of nitrogens with two attached hydrogens (primary N) is 1. The van der Waals surface area contributed by atoms with Crippen molar-refractivity contribution in [3.8, 4) is 5.75 Å². The molecule has 0 fully saturated rings. The third kappa shape index (κ3) is 2.67. The summed E-state index contributed by atoms with van der Waals surface area (Å²) < 4.78 is 5.31. The SMILES string of the molecule is Nc1ncc(COc2cccnc2[N+](=O)[O-])s1. The third-order valence-electron chi connectivity index (χ3n) is 1.87. The summed E-state index contributed by atoms with van der Waals surface area (Å²) in [7, 11) is 0. The monoisotopic (exact) mass is 252 g/mol. The zero-order valence-electron chi connectivity index (χ0n) is 8.57. The minimum atomic E-state index is -0.587. The number of hydrogen-bond acceptors (Lipinski definition) is 7. The van der Waals surface area contributed by atoms with Gasteiger partial charge in [-0.25, -0.2) is 4.98 Å². The van der Waals surface area contributed by atoms with Gasteiger partial charge in [-0.2, -0.15) is 0 Å². The van der Waals surface area contributed by atoms with Crippen LogP contribution < -0.4 is 10.5 Å². The van der Waals surface area contributed by atoms with E-state index in [0.29, 0.717) is 5.13 Å². The van der Waals surface area contributed by atoms with Crippen LogP contribution >= 0.6 is 11.3 Å². The third-order valence-corrected chi connectivity index (χ3v) is 2.67. The molecule has 0 aliphatic heterocycles. The smallest absolute Gasteiger partial charge is 0.406 e. The van der Waals surface area contributed by atoms with Gasteiger partial charge in [0.2, 0.25) is 5.75 Å². The van der Waals surface area contributed by atoms with E-state index in [1.807, 2.05) is 0 Å². The van der Waals surface area contributed by atoms with Gasteiger partial charge in [-0.3, -0.25) is 0 Å². The topological polar surface area (TPSA) is 104 Å². The number of nitrogen functional groups attached to an aromatic ring is 1. The minimum Gasteiger partial charge on any atom is -0.480 e. The second-order valence-electron chi connectivity index (χ2n) is 3.04. The maximum atomic E-state index is 10.7. The van der Waals surface area contributed by atoms with Crippen LogP contribution in [0.3, 0.4) is 0 Å². The average Bonchev–Trinajstić information content (AvgIpc) is 2.73. The summed E-state index contributed by atoms with van der Waals surface area (Å²) in [5, 5.41) is 11.1. The standard InChI is InChI=1S/C9H8N4O3S/c10-9-12-4-6(17-9)5-16-7-2-1-3-11-8(7)13(14)15/h1-4H,5H2,(H2,10,12). The molecule has 0 aromatic carbocycles. The molecule has 0 atom stereocenters. The van der Waals surface area contributed by atoms with Crippen LogP contribution in [0.4, 0.5) is 10.9 Å². The summed E-state index contributed by atoms with van der Waals surface area (Å²) in [4.78, 5) is 18.4. The van der Waals surface area contributed by atoms with E-state index in [9.17, 15) is 10.1 Å². The van der Waals surface area contributed by atoms with Crippen molar-refractivity contribution in [2.45, 2.75) is 6.61 Å². The summed E-state index contributed by atoms with van der Waals surface area (Å²) in [6.45, 7) is 0.182. The summed E-state index contributed by atoms with van der Waals surface area (Å²) in [5.41, 5.74) is 5.46. The highest BCUT2D eigenvalue weighted by atomic mass is 32.1. The molecule has 7 nitrogen and oxygen atoms in total. The van der Waals surface area contributed by atoms with Crippen molar-refractivity contribution in [1.29, 1.82) is 0 Å². The van der Waals surface area contributed by atoms with Gasteiger partial charge in [0.05, 0.1) is 4.88 Å². The first-order chi connectivity index (χ1) is 8.16. The second-order valence-corrected chi connectivity index (χ2v) is 4.18. The Labute approximate surface area is 100 Å². The number of aromatic nitrogens is 2. The highest BCUT2D eigenvalue weighted by Gasteiger charge is 2.15. The Morgan fingerprint density at radius 1 is 1.53 bits per heavy atom. The van der Waals surface area contributed by atoms with Gasteiger partial charge in [-0.1, -0.05) is 11.3 Å². The molecule has 0 amide bonds. The Morgan fingerprint density at radius 2 is 2.35 bits per heavy atom. The summed E-state index contributed by atoms with van der Waals surface area (Å²) in [5.74, 6) is -0.172. The van der Waals surface area contributed by atoms with E-state index >= 15 is 0 Å². The van der Waals surface area contributed by atoms with Crippen molar-refractivity contribution < 1.29 is 9.66 Å². The number of thiazole rings is 1. The number of ether oxygens (including phenoxy) is 1. The molecular weight excluding hydrogens is 244 g/mol. The molecule has 2 aromatic heterocycles. The van der Waals surface area contributed by atoms with Crippen molar-refractivity contribution in [3.05, 3.63) is 39.5 Å². The molecule has 2 aromatic rings. The van der Waals surface area contributed by atoms with Crippen LogP contribution in [0.25, 0.3) is 0 Å². The molecule has 2 N–H and O–H groups in total. The predicted octanol–water partition coefficient (Wildman–Crippen LogP) is 1.61. The fourth-order valence-corrected chi connectivity index (χ4v) is 1.77.